The minimum Gasteiger partial charge on any atom is -0.384 e. The maximum Gasteiger partial charge on any atom is 0.261 e. The molecule has 1 fully saturated rings. The SMILES string of the molecule is CN(C)CCNc1ccc(Cc2cc3c(=O)n(C4CCOCC4)cnc3c3ccccc23)cc1. The van der Waals surface area contributed by atoms with Gasteiger partial charge in [-0.3, -0.25) is 9.36 Å². The Morgan fingerprint density at radius 3 is 2.50 bits per heavy atom. The molecule has 1 aromatic heterocycles. The molecule has 2 heterocycles. The monoisotopic (exact) mass is 456 g/mol. The second-order valence-corrected chi connectivity index (χ2v) is 9.38. The third kappa shape index (κ3) is 4.69. The molecule has 6 nitrogen and oxygen atoms in total. The topological polar surface area (TPSA) is 59.4 Å². The van der Waals surface area contributed by atoms with Gasteiger partial charge in [-0.1, -0.05) is 36.4 Å². The van der Waals surface area contributed by atoms with E-state index in [4.69, 9.17) is 9.72 Å². The molecule has 5 rings (SSSR count). The Morgan fingerprint density at radius 2 is 1.76 bits per heavy atom. The lowest BCUT2D eigenvalue weighted by atomic mass is 9.96. The van der Waals surface area contributed by atoms with Gasteiger partial charge in [0.05, 0.1) is 17.2 Å². The molecule has 0 unspecified atom stereocenters. The van der Waals surface area contributed by atoms with Gasteiger partial charge < -0.3 is 15.0 Å². The number of nitrogens with zero attached hydrogens (tertiary/aromatic N) is 3. The van der Waals surface area contributed by atoms with Gasteiger partial charge in [-0.2, -0.15) is 0 Å². The van der Waals surface area contributed by atoms with Crippen LogP contribution in [0, 0.1) is 0 Å². The molecule has 6 heteroatoms. The molecule has 1 saturated heterocycles. The zero-order valence-corrected chi connectivity index (χ0v) is 20.0. The zero-order chi connectivity index (χ0) is 23.5. The summed E-state index contributed by atoms with van der Waals surface area (Å²) in [5.74, 6) is 0. The Kier molecular flexibility index (Phi) is 6.61. The summed E-state index contributed by atoms with van der Waals surface area (Å²) in [6.45, 7) is 3.29. The fourth-order valence-corrected chi connectivity index (χ4v) is 4.80. The second-order valence-electron chi connectivity index (χ2n) is 9.38. The lowest BCUT2D eigenvalue weighted by Gasteiger charge is -2.24. The van der Waals surface area contributed by atoms with Crippen molar-refractivity contribution in [1.29, 1.82) is 0 Å². The van der Waals surface area contributed by atoms with E-state index in [0.29, 0.717) is 18.6 Å². The van der Waals surface area contributed by atoms with E-state index in [0.717, 1.165) is 59.9 Å². The summed E-state index contributed by atoms with van der Waals surface area (Å²) >= 11 is 0. The van der Waals surface area contributed by atoms with E-state index < -0.39 is 0 Å². The highest BCUT2D eigenvalue weighted by atomic mass is 16.5. The van der Waals surface area contributed by atoms with E-state index in [1.807, 2.05) is 10.6 Å². The largest absolute Gasteiger partial charge is 0.384 e. The standard InChI is InChI=1S/C28H32N4O2/c1-31(2)14-13-29-22-9-7-20(8-10-22)17-21-18-26-27(25-6-4-3-5-24(21)25)30-19-32(28(26)33)23-11-15-34-16-12-23/h3-10,18-19,23,29H,11-17H2,1-2H3. The van der Waals surface area contributed by atoms with Gasteiger partial charge in [-0.15, -0.1) is 0 Å². The van der Waals surface area contributed by atoms with Crippen LogP contribution in [-0.4, -0.2) is 54.8 Å². The number of anilines is 1. The average molecular weight is 457 g/mol. The summed E-state index contributed by atoms with van der Waals surface area (Å²) in [6.07, 6.45) is 4.19. The molecular weight excluding hydrogens is 424 g/mol. The van der Waals surface area contributed by atoms with Gasteiger partial charge in [-0.05, 0) is 68.1 Å². The fraction of sp³-hybridized carbons (Fsp3) is 0.357. The summed E-state index contributed by atoms with van der Waals surface area (Å²) in [4.78, 5) is 20.5. The Bertz CT molecular complexity index is 1340. The number of benzene rings is 3. The quantitative estimate of drug-likeness (QED) is 0.416. The number of fused-ring (bicyclic) bond motifs is 3. The normalized spacial score (nSPS) is 14.8. The summed E-state index contributed by atoms with van der Waals surface area (Å²) in [5.41, 5.74) is 4.33. The van der Waals surface area contributed by atoms with Crippen LogP contribution >= 0.6 is 0 Å². The number of likely N-dealkylation sites (N-methyl/N-ethyl adjacent to an activating group) is 1. The highest BCUT2D eigenvalue weighted by Crippen LogP contribution is 2.29. The van der Waals surface area contributed by atoms with Crippen LogP contribution in [-0.2, 0) is 11.2 Å². The summed E-state index contributed by atoms with van der Waals surface area (Å²) in [6, 6.07) is 19.1. The smallest absolute Gasteiger partial charge is 0.261 e. The zero-order valence-electron chi connectivity index (χ0n) is 20.0. The van der Waals surface area contributed by atoms with Crippen molar-refractivity contribution < 1.29 is 4.74 Å². The van der Waals surface area contributed by atoms with Gasteiger partial charge in [0, 0.05) is 43.4 Å². The van der Waals surface area contributed by atoms with Crippen molar-refractivity contribution in [2.45, 2.75) is 25.3 Å². The minimum absolute atomic E-state index is 0.0457. The Labute approximate surface area is 200 Å². The van der Waals surface area contributed by atoms with Crippen molar-refractivity contribution in [3.63, 3.8) is 0 Å². The number of nitrogens with one attached hydrogen (secondary N) is 1. The van der Waals surface area contributed by atoms with Gasteiger partial charge in [0.1, 0.15) is 0 Å². The van der Waals surface area contributed by atoms with Crippen molar-refractivity contribution in [3.8, 4) is 0 Å². The molecule has 3 aromatic carbocycles. The molecule has 1 aliphatic heterocycles. The third-order valence-electron chi connectivity index (χ3n) is 6.70. The molecule has 4 aromatic rings. The van der Waals surface area contributed by atoms with Crippen molar-refractivity contribution in [3.05, 3.63) is 82.4 Å². The van der Waals surface area contributed by atoms with Crippen molar-refractivity contribution >= 4 is 27.4 Å². The number of hydrogen-bond acceptors (Lipinski definition) is 5. The predicted octanol–water partition coefficient (Wildman–Crippen LogP) is 4.47. The van der Waals surface area contributed by atoms with Crippen LogP contribution in [0.3, 0.4) is 0 Å². The van der Waals surface area contributed by atoms with Crippen molar-refractivity contribution in [2.24, 2.45) is 0 Å². The first kappa shape index (κ1) is 22.6. The molecule has 0 amide bonds. The molecule has 0 spiro atoms. The molecule has 1 N–H and O–H groups in total. The Balaban J connectivity index is 1.49. The number of hydrogen-bond donors (Lipinski definition) is 1. The molecule has 0 bridgehead atoms. The lowest BCUT2D eigenvalue weighted by molar-refractivity contribution is 0.0685. The molecule has 0 atom stereocenters. The molecule has 1 aliphatic rings. The average Bonchev–Trinajstić information content (AvgIpc) is 2.86. The Morgan fingerprint density at radius 1 is 1.03 bits per heavy atom. The van der Waals surface area contributed by atoms with E-state index in [9.17, 15) is 4.79 Å². The summed E-state index contributed by atoms with van der Waals surface area (Å²) in [5, 5.41) is 6.35. The Hall–Kier alpha value is -3.22. The maximum atomic E-state index is 13.5. The van der Waals surface area contributed by atoms with Crippen LogP contribution in [0.2, 0.25) is 0 Å². The van der Waals surface area contributed by atoms with Crippen LogP contribution in [0.15, 0.2) is 65.7 Å². The van der Waals surface area contributed by atoms with Gasteiger partial charge in [0.2, 0.25) is 0 Å². The van der Waals surface area contributed by atoms with E-state index in [1.54, 1.807) is 6.33 Å². The van der Waals surface area contributed by atoms with Crippen LogP contribution in [0.4, 0.5) is 5.69 Å². The summed E-state index contributed by atoms with van der Waals surface area (Å²) in [7, 11) is 4.15. The predicted molar refractivity (Wildman–Crippen MR) is 139 cm³/mol. The van der Waals surface area contributed by atoms with Gasteiger partial charge in [0.25, 0.3) is 5.56 Å². The number of rotatable bonds is 7. The number of aromatic nitrogens is 2. The molecule has 34 heavy (non-hydrogen) atoms. The first-order valence-electron chi connectivity index (χ1n) is 12.1. The van der Waals surface area contributed by atoms with E-state index in [-0.39, 0.29) is 11.6 Å². The highest BCUT2D eigenvalue weighted by Gasteiger charge is 2.19. The van der Waals surface area contributed by atoms with Crippen LogP contribution < -0.4 is 10.9 Å². The van der Waals surface area contributed by atoms with Crippen LogP contribution in [0.1, 0.15) is 30.0 Å². The molecule has 0 aliphatic carbocycles. The highest BCUT2D eigenvalue weighted by molar-refractivity contribution is 6.06. The van der Waals surface area contributed by atoms with Gasteiger partial charge in [0.15, 0.2) is 0 Å². The molecule has 0 radical (unpaired) electrons. The number of ether oxygens (including phenoxy) is 1. The minimum atomic E-state index is 0.0457. The van der Waals surface area contributed by atoms with Crippen LogP contribution in [0.5, 0.6) is 0 Å². The molecule has 176 valence electrons. The first-order chi connectivity index (χ1) is 16.6. The van der Waals surface area contributed by atoms with E-state index >= 15 is 0 Å². The van der Waals surface area contributed by atoms with Gasteiger partial charge in [-0.25, -0.2) is 4.98 Å². The second kappa shape index (κ2) is 9.95. The first-order valence-corrected chi connectivity index (χ1v) is 12.1. The molecule has 0 saturated carbocycles. The molecular formula is C28H32N4O2. The maximum absolute atomic E-state index is 13.5. The lowest BCUT2D eigenvalue weighted by Crippen LogP contribution is -2.29. The summed E-state index contributed by atoms with van der Waals surface area (Å²) < 4.78 is 7.31. The van der Waals surface area contributed by atoms with E-state index in [1.165, 1.54) is 5.56 Å². The van der Waals surface area contributed by atoms with Crippen molar-refractivity contribution in [1.82, 2.24) is 14.5 Å². The van der Waals surface area contributed by atoms with Crippen LogP contribution in [0.25, 0.3) is 21.7 Å². The van der Waals surface area contributed by atoms with Gasteiger partial charge >= 0.3 is 0 Å². The van der Waals surface area contributed by atoms with Crippen molar-refractivity contribution in [2.75, 3.05) is 45.7 Å². The van der Waals surface area contributed by atoms with E-state index in [2.05, 4.69) is 72.8 Å². The third-order valence-corrected chi connectivity index (χ3v) is 6.70. The fourth-order valence-electron chi connectivity index (χ4n) is 4.80.